The molecule has 6 heteroatoms. The van der Waals surface area contributed by atoms with E-state index in [1.165, 1.54) is 0 Å². The second kappa shape index (κ2) is 4.12. The van der Waals surface area contributed by atoms with Crippen LogP contribution >= 0.6 is 0 Å². The van der Waals surface area contributed by atoms with Crippen molar-refractivity contribution in [3.8, 4) is 0 Å². The van der Waals surface area contributed by atoms with E-state index in [2.05, 4.69) is 5.32 Å². The molecular formula is C9H16BNO4. The third-order valence-corrected chi connectivity index (χ3v) is 3.69. The number of hydrogen-bond donors (Lipinski definition) is 4. The van der Waals surface area contributed by atoms with Gasteiger partial charge in [-0.05, 0) is 43.5 Å². The van der Waals surface area contributed by atoms with Gasteiger partial charge in [-0.1, -0.05) is 0 Å². The Bertz CT molecular complexity index is 260. The second-order valence-electron chi connectivity index (χ2n) is 4.70. The van der Waals surface area contributed by atoms with E-state index in [0.29, 0.717) is 12.2 Å². The average Bonchev–Trinajstić information content (AvgIpc) is 2.60. The fraction of sp³-hybridized carbons (Fsp3) is 0.889. The highest BCUT2D eigenvalue weighted by Crippen LogP contribution is 2.43. The van der Waals surface area contributed by atoms with E-state index >= 15 is 0 Å². The largest absolute Gasteiger partial charge is 0.480 e. The standard InChI is InChI=1S/C9H16BNO4/c12-9(13)8-7-2-5(3-10(14)15)1-6(7)4-11-8/h5-8,11,14-15H,1-4H2,(H,12,13). The predicted molar refractivity (Wildman–Crippen MR) is 54.1 cm³/mol. The number of hydrogen-bond acceptors (Lipinski definition) is 4. The maximum absolute atomic E-state index is 10.9. The van der Waals surface area contributed by atoms with Gasteiger partial charge in [0.05, 0.1) is 0 Å². The molecule has 84 valence electrons. The molecule has 0 amide bonds. The number of nitrogens with one attached hydrogen (secondary N) is 1. The minimum absolute atomic E-state index is 0.172. The van der Waals surface area contributed by atoms with E-state index in [0.717, 1.165) is 19.4 Å². The van der Waals surface area contributed by atoms with Crippen LogP contribution in [0.1, 0.15) is 12.8 Å². The van der Waals surface area contributed by atoms with Gasteiger partial charge in [-0.2, -0.15) is 0 Å². The molecule has 0 aromatic heterocycles. The quantitative estimate of drug-likeness (QED) is 0.459. The number of carboxylic acids is 1. The Morgan fingerprint density at radius 2 is 2.13 bits per heavy atom. The molecule has 1 aliphatic heterocycles. The number of carbonyl (C=O) groups is 1. The summed E-state index contributed by atoms with van der Waals surface area (Å²) in [5, 5.41) is 29.7. The molecule has 2 aliphatic rings. The normalized spacial score (nSPS) is 39.1. The van der Waals surface area contributed by atoms with Crippen LogP contribution in [0.4, 0.5) is 0 Å². The van der Waals surface area contributed by atoms with Crippen molar-refractivity contribution < 1.29 is 19.9 Å². The fourth-order valence-corrected chi connectivity index (χ4v) is 3.11. The van der Waals surface area contributed by atoms with Crippen molar-refractivity contribution in [2.24, 2.45) is 17.8 Å². The molecule has 1 saturated heterocycles. The molecule has 2 rings (SSSR count). The third-order valence-electron chi connectivity index (χ3n) is 3.69. The van der Waals surface area contributed by atoms with Crippen LogP contribution in [0.25, 0.3) is 0 Å². The minimum Gasteiger partial charge on any atom is -0.480 e. The number of carboxylic acid groups (broad SMARTS) is 1. The molecule has 2 fully saturated rings. The van der Waals surface area contributed by atoms with Gasteiger partial charge in [0.25, 0.3) is 0 Å². The Morgan fingerprint density at radius 1 is 1.40 bits per heavy atom. The zero-order chi connectivity index (χ0) is 11.0. The van der Waals surface area contributed by atoms with Gasteiger partial charge in [0.15, 0.2) is 0 Å². The summed E-state index contributed by atoms with van der Waals surface area (Å²) in [6.07, 6.45) is 2.09. The molecule has 1 aliphatic carbocycles. The van der Waals surface area contributed by atoms with Crippen molar-refractivity contribution in [2.45, 2.75) is 25.2 Å². The molecule has 1 heterocycles. The SMILES string of the molecule is O=C(O)C1NCC2CC(CB(O)O)CC21. The first kappa shape index (κ1) is 10.9. The Balaban J connectivity index is 1.94. The summed E-state index contributed by atoms with van der Waals surface area (Å²) in [4.78, 5) is 10.9. The summed E-state index contributed by atoms with van der Waals surface area (Å²) in [6, 6.07) is -0.434. The molecule has 0 spiro atoms. The van der Waals surface area contributed by atoms with Crippen molar-refractivity contribution in [3.63, 3.8) is 0 Å². The molecule has 4 atom stereocenters. The van der Waals surface area contributed by atoms with Gasteiger partial charge in [-0.25, -0.2) is 0 Å². The van der Waals surface area contributed by atoms with E-state index in [-0.39, 0.29) is 11.8 Å². The van der Waals surface area contributed by atoms with Crippen molar-refractivity contribution in [1.29, 1.82) is 0 Å². The van der Waals surface area contributed by atoms with Crippen LogP contribution in [0.15, 0.2) is 0 Å². The van der Waals surface area contributed by atoms with Gasteiger partial charge >= 0.3 is 13.1 Å². The molecule has 0 aromatic carbocycles. The maximum Gasteiger partial charge on any atom is 0.451 e. The zero-order valence-electron chi connectivity index (χ0n) is 8.47. The summed E-state index contributed by atoms with van der Waals surface area (Å²) >= 11 is 0. The highest BCUT2D eigenvalue weighted by molar-refractivity contribution is 6.41. The average molecular weight is 213 g/mol. The highest BCUT2D eigenvalue weighted by Gasteiger charge is 2.46. The van der Waals surface area contributed by atoms with Crippen molar-refractivity contribution in [1.82, 2.24) is 5.32 Å². The van der Waals surface area contributed by atoms with Crippen LogP contribution in [0.3, 0.4) is 0 Å². The van der Waals surface area contributed by atoms with Gasteiger partial charge in [0, 0.05) is 0 Å². The Hall–Kier alpha value is -0.585. The van der Waals surface area contributed by atoms with Crippen LogP contribution in [-0.4, -0.2) is 40.8 Å². The summed E-state index contributed by atoms with van der Waals surface area (Å²) in [5.74, 6) is 0.0535. The Morgan fingerprint density at radius 3 is 2.73 bits per heavy atom. The Kier molecular flexibility index (Phi) is 3.00. The smallest absolute Gasteiger partial charge is 0.451 e. The summed E-state index contributed by atoms with van der Waals surface area (Å²) in [7, 11) is -1.26. The maximum atomic E-state index is 10.9. The van der Waals surface area contributed by atoms with Gasteiger partial charge in [-0.15, -0.1) is 0 Å². The predicted octanol–water partition coefficient (Wildman–Crippen LogP) is -0.842. The van der Waals surface area contributed by atoms with Crippen LogP contribution < -0.4 is 5.32 Å². The number of fused-ring (bicyclic) bond motifs is 1. The second-order valence-corrected chi connectivity index (χ2v) is 4.70. The third kappa shape index (κ3) is 2.16. The van der Waals surface area contributed by atoms with E-state index in [4.69, 9.17) is 15.2 Å². The van der Waals surface area contributed by atoms with Crippen molar-refractivity contribution in [2.75, 3.05) is 6.54 Å². The van der Waals surface area contributed by atoms with E-state index in [1.807, 2.05) is 0 Å². The van der Waals surface area contributed by atoms with Crippen LogP contribution in [0, 0.1) is 17.8 Å². The molecule has 1 saturated carbocycles. The first-order valence-electron chi connectivity index (χ1n) is 5.40. The van der Waals surface area contributed by atoms with Gasteiger partial charge in [0.1, 0.15) is 6.04 Å². The first-order valence-corrected chi connectivity index (χ1v) is 5.40. The molecular weight excluding hydrogens is 197 g/mol. The molecule has 15 heavy (non-hydrogen) atoms. The van der Waals surface area contributed by atoms with E-state index in [1.54, 1.807) is 0 Å². The first-order chi connectivity index (χ1) is 7.08. The molecule has 0 radical (unpaired) electrons. The van der Waals surface area contributed by atoms with Crippen LogP contribution in [0.2, 0.25) is 6.32 Å². The Labute approximate surface area is 88.6 Å². The lowest BCUT2D eigenvalue weighted by atomic mass is 9.77. The van der Waals surface area contributed by atoms with Crippen molar-refractivity contribution in [3.05, 3.63) is 0 Å². The summed E-state index contributed by atoms with van der Waals surface area (Å²) < 4.78 is 0. The molecule has 0 aromatic rings. The minimum atomic E-state index is -1.26. The molecule has 4 unspecified atom stereocenters. The monoisotopic (exact) mass is 213 g/mol. The zero-order valence-corrected chi connectivity index (χ0v) is 8.47. The van der Waals surface area contributed by atoms with Crippen LogP contribution in [0.5, 0.6) is 0 Å². The number of aliphatic carboxylic acids is 1. The lowest BCUT2D eigenvalue weighted by molar-refractivity contribution is -0.140. The van der Waals surface area contributed by atoms with Gasteiger partial charge < -0.3 is 20.5 Å². The summed E-state index contributed by atoms with van der Waals surface area (Å²) in [6.45, 7) is 0.750. The lowest BCUT2D eigenvalue weighted by Crippen LogP contribution is -2.35. The topological polar surface area (TPSA) is 89.8 Å². The van der Waals surface area contributed by atoms with E-state index < -0.39 is 19.1 Å². The summed E-state index contributed by atoms with van der Waals surface area (Å²) in [5.41, 5.74) is 0. The molecule has 5 nitrogen and oxygen atoms in total. The fourth-order valence-electron chi connectivity index (χ4n) is 3.11. The molecule has 0 bridgehead atoms. The lowest BCUT2D eigenvalue weighted by Gasteiger charge is -2.14. The van der Waals surface area contributed by atoms with Crippen molar-refractivity contribution >= 4 is 13.1 Å². The number of rotatable bonds is 3. The highest BCUT2D eigenvalue weighted by atomic mass is 16.4. The van der Waals surface area contributed by atoms with E-state index in [9.17, 15) is 4.79 Å². The van der Waals surface area contributed by atoms with Gasteiger partial charge in [-0.3, -0.25) is 4.79 Å². The molecule has 4 N–H and O–H groups in total. The van der Waals surface area contributed by atoms with Crippen LogP contribution in [-0.2, 0) is 4.79 Å². The van der Waals surface area contributed by atoms with Gasteiger partial charge in [0.2, 0.25) is 0 Å².